The summed E-state index contributed by atoms with van der Waals surface area (Å²) in [7, 11) is -4.56. The molecule has 31 heavy (non-hydrogen) atoms. The Morgan fingerprint density at radius 1 is 1.10 bits per heavy atom. The first kappa shape index (κ1) is 23.3. The average molecular weight is 514 g/mol. The Morgan fingerprint density at radius 3 is 2.39 bits per heavy atom. The van der Waals surface area contributed by atoms with Crippen LogP contribution in [0.5, 0.6) is 0 Å². The van der Waals surface area contributed by atoms with Crippen LogP contribution in [-0.4, -0.2) is 29.3 Å². The van der Waals surface area contributed by atoms with Gasteiger partial charge in [0.1, 0.15) is 0 Å². The van der Waals surface area contributed by atoms with Gasteiger partial charge in [-0.25, -0.2) is 17.8 Å². The fourth-order valence-corrected chi connectivity index (χ4v) is 4.56. The van der Waals surface area contributed by atoms with Crippen molar-refractivity contribution >= 4 is 50.7 Å². The van der Waals surface area contributed by atoms with Crippen molar-refractivity contribution in [2.75, 3.05) is 0 Å². The van der Waals surface area contributed by atoms with Gasteiger partial charge in [0.15, 0.2) is 11.4 Å². The summed E-state index contributed by atoms with van der Waals surface area (Å²) in [5, 5.41) is 6.63. The van der Waals surface area contributed by atoms with Crippen LogP contribution in [0.2, 0.25) is 15.1 Å². The van der Waals surface area contributed by atoms with Gasteiger partial charge in [0.05, 0.1) is 15.6 Å². The number of rotatable bonds is 4. The van der Waals surface area contributed by atoms with Gasteiger partial charge >= 0.3 is 6.18 Å². The highest BCUT2D eigenvalue weighted by Crippen LogP contribution is 2.35. The molecule has 0 spiro atoms. The number of halogens is 6. The Balaban J connectivity index is 2.08. The van der Waals surface area contributed by atoms with Crippen LogP contribution in [0, 0.1) is 6.92 Å². The van der Waals surface area contributed by atoms with Gasteiger partial charge < -0.3 is 0 Å². The zero-order valence-corrected chi connectivity index (χ0v) is 18.3. The number of hydrogen-bond acceptors (Lipinski definition) is 5. The lowest BCUT2D eigenvalue weighted by molar-refractivity contribution is -0.143. The van der Waals surface area contributed by atoms with Gasteiger partial charge in [-0.15, -0.1) is 5.10 Å². The molecule has 0 unspecified atom stereocenters. The van der Waals surface area contributed by atoms with Crippen LogP contribution in [0.25, 0.3) is 5.69 Å². The molecule has 1 aromatic heterocycles. The molecular weight excluding hydrogens is 504 g/mol. The standard InChI is InChI=1S/C17H10Cl3F3N4O3S/c1-8-10(19)3-2-4-13(8)31(29,30)25-16(28)14-15(17(21,22)23)27(26-24-14)12-6-5-9(18)7-11(12)20/h2-7H,1H3,(H,25,28). The summed E-state index contributed by atoms with van der Waals surface area (Å²) in [6.07, 6.45) is -5.13. The maximum absolute atomic E-state index is 13.8. The number of hydrogen-bond donors (Lipinski definition) is 1. The number of aromatic nitrogens is 3. The number of benzene rings is 2. The topological polar surface area (TPSA) is 93.9 Å². The molecule has 14 heteroatoms. The lowest BCUT2D eigenvalue weighted by Crippen LogP contribution is -2.33. The summed E-state index contributed by atoms with van der Waals surface area (Å²) in [5.74, 6) is -1.64. The molecule has 1 amide bonds. The minimum atomic E-state index is -5.13. The number of carbonyl (C=O) groups is 1. The lowest BCUT2D eigenvalue weighted by Gasteiger charge is -2.13. The molecule has 164 valence electrons. The van der Waals surface area contributed by atoms with Crippen molar-refractivity contribution in [3.63, 3.8) is 0 Å². The van der Waals surface area contributed by atoms with Crippen LogP contribution in [0.4, 0.5) is 13.2 Å². The molecule has 0 aliphatic rings. The van der Waals surface area contributed by atoms with Gasteiger partial charge in [0.25, 0.3) is 15.9 Å². The molecule has 0 aliphatic carbocycles. The van der Waals surface area contributed by atoms with Gasteiger partial charge in [-0.1, -0.05) is 46.1 Å². The number of amides is 1. The highest BCUT2D eigenvalue weighted by Gasteiger charge is 2.43. The summed E-state index contributed by atoms with van der Waals surface area (Å²) >= 11 is 17.6. The number of carbonyl (C=O) groups excluding carboxylic acids is 1. The van der Waals surface area contributed by atoms with Crippen molar-refractivity contribution in [1.29, 1.82) is 0 Å². The number of nitrogens with one attached hydrogen (secondary N) is 1. The van der Waals surface area contributed by atoms with E-state index in [1.165, 1.54) is 31.2 Å². The van der Waals surface area contributed by atoms with Gasteiger partial charge in [-0.05, 0) is 42.8 Å². The molecule has 0 radical (unpaired) electrons. The van der Waals surface area contributed by atoms with E-state index < -0.39 is 33.5 Å². The Hall–Kier alpha value is -2.34. The Bertz CT molecular complexity index is 1290. The third-order valence-corrected chi connectivity index (χ3v) is 6.45. The molecule has 1 heterocycles. The van der Waals surface area contributed by atoms with E-state index in [1.54, 1.807) is 4.72 Å². The summed E-state index contributed by atoms with van der Waals surface area (Å²) < 4.78 is 68.2. The first-order chi connectivity index (χ1) is 14.3. The average Bonchev–Trinajstić information content (AvgIpc) is 3.09. The molecule has 0 saturated heterocycles. The summed E-state index contributed by atoms with van der Waals surface area (Å²) in [6.45, 7) is 1.38. The van der Waals surface area contributed by atoms with E-state index in [1.807, 2.05) is 0 Å². The molecule has 7 nitrogen and oxygen atoms in total. The van der Waals surface area contributed by atoms with Gasteiger partial charge in [-0.3, -0.25) is 4.79 Å². The number of alkyl halides is 3. The van der Waals surface area contributed by atoms with Crippen molar-refractivity contribution in [2.45, 2.75) is 18.0 Å². The highest BCUT2D eigenvalue weighted by molar-refractivity contribution is 7.90. The van der Waals surface area contributed by atoms with E-state index >= 15 is 0 Å². The third kappa shape index (κ3) is 4.64. The van der Waals surface area contributed by atoms with Crippen LogP contribution in [0.3, 0.4) is 0 Å². The monoisotopic (exact) mass is 512 g/mol. The van der Waals surface area contributed by atoms with Crippen molar-refractivity contribution in [2.24, 2.45) is 0 Å². The zero-order chi connectivity index (χ0) is 23.1. The van der Waals surface area contributed by atoms with Crippen molar-refractivity contribution < 1.29 is 26.4 Å². The maximum Gasteiger partial charge on any atom is 0.435 e. The highest BCUT2D eigenvalue weighted by atomic mass is 35.5. The molecule has 0 atom stereocenters. The van der Waals surface area contributed by atoms with Crippen molar-refractivity contribution in [3.8, 4) is 5.69 Å². The molecule has 1 N–H and O–H groups in total. The molecule has 0 saturated carbocycles. The molecule has 0 bridgehead atoms. The van der Waals surface area contributed by atoms with Crippen LogP contribution < -0.4 is 4.72 Å². The normalized spacial score (nSPS) is 12.1. The molecule has 3 rings (SSSR count). The Morgan fingerprint density at radius 2 is 1.77 bits per heavy atom. The van der Waals surface area contributed by atoms with Gasteiger partial charge in [0, 0.05) is 10.0 Å². The van der Waals surface area contributed by atoms with E-state index in [2.05, 4.69) is 10.3 Å². The summed E-state index contributed by atoms with van der Waals surface area (Å²) in [6, 6.07) is 7.45. The van der Waals surface area contributed by atoms with Crippen LogP contribution in [-0.2, 0) is 16.2 Å². The van der Waals surface area contributed by atoms with Crippen molar-refractivity contribution in [1.82, 2.24) is 19.7 Å². The van der Waals surface area contributed by atoms with Crippen molar-refractivity contribution in [3.05, 3.63) is 68.4 Å². The number of sulfonamides is 1. The van der Waals surface area contributed by atoms with Gasteiger partial charge in [-0.2, -0.15) is 13.2 Å². The summed E-state index contributed by atoms with van der Waals surface area (Å²) in [4.78, 5) is 12.1. The fraction of sp³-hybridized carbons (Fsp3) is 0.118. The minimum absolute atomic E-state index is 0.0922. The molecule has 3 aromatic rings. The van der Waals surface area contributed by atoms with Gasteiger partial charge in [0.2, 0.25) is 0 Å². The molecule has 0 aliphatic heterocycles. The first-order valence-corrected chi connectivity index (χ1v) is 10.7. The van der Waals surface area contributed by atoms with E-state index in [4.69, 9.17) is 34.8 Å². The van der Waals surface area contributed by atoms with Crippen LogP contribution in [0.1, 0.15) is 21.7 Å². The number of nitrogens with zero attached hydrogens (tertiary/aromatic N) is 3. The largest absolute Gasteiger partial charge is 0.435 e. The smallest absolute Gasteiger partial charge is 0.266 e. The van der Waals surface area contributed by atoms with E-state index in [9.17, 15) is 26.4 Å². The second kappa shape index (κ2) is 8.30. The quantitative estimate of drug-likeness (QED) is 0.547. The SMILES string of the molecule is Cc1c(Cl)cccc1S(=O)(=O)NC(=O)c1nnn(-c2ccc(Cl)cc2Cl)c1C(F)(F)F. The maximum atomic E-state index is 13.8. The Labute approximate surface area is 188 Å². The molecular formula is C17H10Cl3F3N4O3S. The second-order valence-corrected chi connectivity index (χ2v) is 8.99. The fourth-order valence-electron chi connectivity index (χ4n) is 2.61. The van der Waals surface area contributed by atoms with E-state index in [0.717, 1.165) is 12.1 Å². The second-order valence-electron chi connectivity index (χ2n) is 6.09. The van der Waals surface area contributed by atoms with E-state index in [0.29, 0.717) is 0 Å². The van der Waals surface area contributed by atoms with E-state index in [-0.39, 0.29) is 35.9 Å². The summed E-state index contributed by atoms with van der Waals surface area (Å²) in [5.41, 5.74) is -3.04. The van der Waals surface area contributed by atoms with Crippen LogP contribution in [0.15, 0.2) is 41.3 Å². The third-order valence-electron chi connectivity index (χ3n) is 4.03. The minimum Gasteiger partial charge on any atom is -0.266 e. The first-order valence-electron chi connectivity index (χ1n) is 8.13. The lowest BCUT2D eigenvalue weighted by atomic mass is 10.2. The molecule has 0 fully saturated rings. The zero-order valence-electron chi connectivity index (χ0n) is 15.2. The predicted octanol–water partition coefficient (Wildman–Crippen LogP) is 4.67. The van der Waals surface area contributed by atoms with Crippen LogP contribution >= 0.6 is 34.8 Å². The Kier molecular flexibility index (Phi) is 6.25. The molecule has 2 aromatic carbocycles. The predicted molar refractivity (Wildman–Crippen MR) is 107 cm³/mol.